The molecule has 0 saturated carbocycles. The average Bonchev–Trinajstić information content (AvgIpc) is 3.02. The van der Waals surface area contributed by atoms with E-state index in [0.717, 1.165) is 21.0 Å². The van der Waals surface area contributed by atoms with E-state index in [9.17, 15) is 19.8 Å². The second-order valence-corrected chi connectivity index (χ2v) is 14.8. The molecule has 2 N–H and O–H groups in total. The smallest absolute Gasteiger partial charge is 0.284 e. The van der Waals surface area contributed by atoms with Gasteiger partial charge in [0.15, 0.2) is 11.6 Å². The first-order valence-electron chi connectivity index (χ1n) is 12.2. The quantitative estimate of drug-likeness (QED) is 0.159. The normalized spacial score (nSPS) is 12.4. The summed E-state index contributed by atoms with van der Waals surface area (Å²) in [4.78, 5) is 23.8. The van der Waals surface area contributed by atoms with Crippen LogP contribution in [0.5, 0.6) is 0 Å². The van der Waals surface area contributed by atoms with Gasteiger partial charge in [-0.1, -0.05) is 121 Å². The van der Waals surface area contributed by atoms with Crippen LogP contribution in [0.15, 0.2) is 121 Å². The summed E-state index contributed by atoms with van der Waals surface area (Å²) in [6.07, 6.45) is -2.16. The topological polar surface area (TPSA) is 102 Å². The Balaban J connectivity index is 0.000000222. The Morgan fingerprint density at radius 3 is 1.10 bits per heavy atom. The van der Waals surface area contributed by atoms with Gasteiger partial charge in [-0.15, -0.1) is 0 Å². The van der Waals surface area contributed by atoms with E-state index < -0.39 is 32.2 Å². The molecule has 2 unspecified atom stereocenters. The third kappa shape index (κ3) is 11.7. The van der Waals surface area contributed by atoms with Crippen molar-refractivity contribution < 1.29 is 32.1 Å². The van der Waals surface area contributed by atoms with Crippen LogP contribution in [-0.2, 0) is 12.3 Å². The van der Waals surface area contributed by atoms with Crippen molar-refractivity contribution in [2.75, 3.05) is 0 Å². The molecule has 0 bridgehead atoms. The van der Waals surface area contributed by atoms with E-state index >= 15 is 0 Å². The minimum atomic E-state index is -1.08. The van der Waals surface area contributed by atoms with Crippen LogP contribution in [0.1, 0.15) is 44.1 Å². The van der Waals surface area contributed by atoms with Gasteiger partial charge < -0.3 is 22.6 Å². The molecule has 2 atom stereocenters. The number of aliphatic hydroxyl groups excluding tert-OH is 2. The molecule has 0 heterocycles. The van der Waals surface area contributed by atoms with Crippen molar-refractivity contribution in [2.45, 2.75) is 12.2 Å². The number of Topliss-reactive ketones (excluding diaryl/α,β-unsaturated/α-hetero) is 2. The molecule has 4 rings (SSSR count). The van der Waals surface area contributed by atoms with Crippen LogP contribution in [0, 0.1) is 0 Å². The first-order chi connectivity index (χ1) is 19.0. The number of aliphatic hydroxyl groups is 2. The number of rotatable bonds is 10. The molecule has 0 spiro atoms. The molecule has 0 radical (unpaired) electrons. The van der Waals surface area contributed by atoms with E-state index in [4.69, 9.17) is 12.3 Å². The van der Waals surface area contributed by atoms with Crippen LogP contribution in [-0.4, -0.2) is 62.8 Å². The van der Waals surface area contributed by atoms with Crippen LogP contribution in [0.25, 0.3) is 0 Å². The molecule has 39 heavy (non-hydrogen) atoms. The van der Waals surface area contributed by atoms with Gasteiger partial charge in [-0.2, -0.15) is 0 Å². The maximum absolute atomic E-state index is 11.9. The average molecular weight is 595 g/mol. The lowest BCUT2D eigenvalue weighted by molar-refractivity contribution is 0.0743. The molecule has 0 aliphatic rings. The van der Waals surface area contributed by atoms with Crippen molar-refractivity contribution in [3.05, 3.63) is 144 Å². The van der Waals surface area contributed by atoms with Crippen LogP contribution in [0.2, 0.25) is 0 Å². The number of carbonyl (C=O) groups excluding carboxylic acids is 2. The lowest BCUT2D eigenvalue weighted by Crippen LogP contribution is -2.11. The van der Waals surface area contributed by atoms with Gasteiger partial charge in [0.2, 0.25) is 0 Å². The third-order valence-corrected chi connectivity index (χ3v) is 8.47. The molecule has 0 aliphatic carbocycles. The van der Waals surface area contributed by atoms with E-state index in [2.05, 4.69) is 0 Å². The van der Waals surface area contributed by atoms with Gasteiger partial charge in [0.25, 0.3) is 20.0 Å². The van der Waals surface area contributed by atoms with Gasteiger partial charge in [-0.05, 0) is 11.1 Å². The predicted octanol–water partition coefficient (Wildman–Crippen LogP) is 0.800. The molecule has 4 aromatic carbocycles. The van der Waals surface area contributed by atoms with E-state index in [1.807, 2.05) is 24.3 Å². The largest absolute Gasteiger partial charge is 0.449 e. The SMILES string of the molecule is O=C(c1ccccc1)C(O)c1ccccc1.O=C(c1ccccc1)C(O)c1ccccc1.[SiH3]O[SiH2]O[SiH2]O[SiH3]. The molecule has 0 aliphatic heterocycles. The Hall–Kier alpha value is -3.11. The molecule has 0 aromatic heterocycles. The molecule has 0 fully saturated rings. The second kappa shape index (κ2) is 19.0. The Morgan fingerprint density at radius 2 is 0.821 bits per heavy atom. The highest BCUT2D eigenvalue weighted by atomic mass is 28.4. The Kier molecular flexibility index (Phi) is 15.7. The van der Waals surface area contributed by atoms with E-state index in [-0.39, 0.29) is 11.6 Å². The van der Waals surface area contributed by atoms with Gasteiger partial charge in [-0.25, -0.2) is 0 Å². The summed E-state index contributed by atoms with van der Waals surface area (Å²) in [6, 6.07) is 35.5. The highest BCUT2D eigenvalue weighted by molar-refractivity contribution is 6.40. The van der Waals surface area contributed by atoms with Crippen LogP contribution in [0.4, 0.5) is 0 Å². The summed E-state index contributed by atoms with van der Waals surface area (Å²) in [6.45, 7) is 0. The van der Waals surface area contributed by atoms with Crippen molar-refractivity contribution in [2.24, 2.45) is 0 Å². The van der Waals surface area contributed by atoms with Gasteiger partial charge in [0.1, 0.15) is 33.2 Å². The number of hydrogen-bond donors (Lipinski definition) is 2. The summed E-state index contributed by atoms with van der Waals surface area (Å²) in [7, 11) is 0.504. The number of ketones is 2. The van der Waals surface area contributed by atoms with E-state index in [0.29, 0.717) is 22.3 Å². The standard InChI is InChI=1S/2C14H12O2.H10O3Si4/c2*15-13(11-7-3-1-4-8-11)14(16)12-9-5-2-6-10-12;4-1-6-3-7-2-5/h2*1-10,13,15H;6-7H2,4-5H3. The van der Waals surface area contributed by atoms with Gasteiger partial charge >= 0.3 is 0 Å². The summed E-state index contributed by atoms with van der Waals surface area (Å²) in [5.41, 5.74) is 2.30. The minimum Gasteiger partial charge on any atom is -0.449 e. The Bertz CT molecular complexity index is 1120. The van der Waals surface area contributed by atoms with E-state index in [1.54, 1.807) is 97.1 Å². The fourth-order valence-corrected chi connectivity index (χ4v) is 7.90. The number of hydrogen-bond acceptors (Lipinski definition) is 7. The number of carbonyl (C=O) groups is 2. The zero-order valence-electron chi connectivity index (χ0n) is 22.1. The van der Waals surface area contributed by atoms with Crippen molar-refractivity contribution in [3.8, 4) is 0 Å². The zero-order valence-corrected chi connectivity index (χ0v) is 28.9. The third-order valence-electron chi connectivity index (χ3n) is 5.25. The van der Waals surface area contributed by atoms with Gasteiger partial charge in [0.05, 0.1) is 0 Å². The lowest BCUT2D eigenvalue weighted by Gasteiger charge is -2.09. The van der Waals surface area contributed by atoms with Crippen molar-refractivity contribution >= 4 is 52.6 Å². The fourth-order valence-electron chi connectivity index (χ4n) is 3.29. The first-order valence-corrected chi connectivity index (χ1v) is 16.1. The Morgan fingerprint density at radius 1 is 0.538 bits per heavy atom. The fraction of sp³-hybridized carbons (Fsp3) is 0.0714. The highest BCUT2D eigenvalue weighted by Crippen LogP contribution is 2.18. The molecule has 4 aromatic rings. The van der Waals surface area contributed by atoms with Crippen molar-refractivity contribution in [1.29, 1.82) is 0 Å². The molecule has 7 nitrogen and oxygen atoms in total. The molecule has 0 amide bonds. The molecule has 11 heteroatoms. The lowest BCUT2D eigenvalue weighted by atomic mass is 10.0. The van der Waals surface area contributed by atoms with Crippen LogP contribution >= 0.6 is 0 Å². The minimum absolute atomic E-state index is 0.271. The molecule has 0 saturated heterocycles. The Labute approximate surface area is 240 Å². The van der Waals surface area contributed by atoms with E-state index in [1.165, 1.54) is 0 Å². The first kappa shape index (κ1) is 32.1. The molecular weight excluding hydrogens is 561 g/mol. The maximum atomic E-state index is 11.9. The zero-order chi connectivity index (χ0) is 28.3. The van der Waals surface area contributed by atoms with Gasteiger partial charge in [-0.3, -0.25) is 9.59 Å². The predicted molar refractivity (Wildman–Crippen MR) is 165 cm³/mol. The number of benzene rings is 4. The maximum Gasteiger partial charge on any atom is 0.284 e. The summed E-state index contributed by atoms with van der Waals surface area (Å²) < 4.78 is 14.8. The molecular formula is C28H34O7Si4. The monoisotopic (exact) mass is 594 g/mol. The second-order valence-electron chi connectivity index (χ2n) is 8.10. The summed E-state index contributed by atoms with van der Waals surface area (Å²) >= 11 is 0. The van der Waals surface area contributed by atoms with Crippen LogP contribution in [0.3, 0.4) is 0 Å². The molecule has 204 valence electrons. The highest BCUT2D eigenvalue weighted by Gasteiger charge is 2.19. The van der Waals surface area contributed by atoms with Crippen molar-refractivity contribution in [3.63, 3.8) is 0 Å². The summed E-state index contributed by atoms with van der Waals surface area (Å²) in [5.74, 6) is -0.543. The van der Waals surface area contributed by atoms with Crippen molar-refractivity contribution in [1.82, 2.24) is 0 Å². The van der Waals surface area contributed by atoms with Gasteiger partial charge in [0, 0.05) is 11.1 Å². The van der Waals surface area contributed by atoms with Crippen LogP contribution < -0.4 is 0 Å². The summed E-state index contributed by atoms with van der Waals surface area (Å²) in [5, 5.41) is 19.8.